The predicted octanol–water partition coefficient (Wildman–Crippen LogP) is 0.636. The average Bonchev–Trinajstić information content (AvgIpc) is 3.02. The van der Waals surface area contributed by atoms with Gasteiger partial charge in [0.05, 0.1) is 11.5 Å². The Kier molecular flexibility index (Phi) is 4.98. The highest BCUT2D eigenvalue weighted by atomic mass is 16.2. The van der Waals surface area contributed by atoms with Crippen LogP contribution in [0.3, 0.4) is 0 Å². The molecule has 2 saturated heterocycles. The Morgan fingerprint density at radius 2 is 2.16 bits per heavy atom. The number of hydrogen-bond acceptors (Lipinski definition) is 5. The molecule has 130 valence electrons. The Balaban J connectivity index is 1.59. The van der Waals surface area contributed by atoms with E-state index in [4.69, 9.17) is 0 Å². The van der Waals surface area contributed by atoms with Crippen LogP contribution >= 0.6 is 0 Å². The summed E-state index contributed by atoms with van der Waals surface area (Å²) in [4.78, 5) is 34.5. The molecule has 25 heavy (non-hydrogen) atoms. The minimum Gasteiger partial charge on any atom is -0.352 e. The highest BCUT2D eigenvalue weighted by Gasteiger charge is 2.36. The van der Waals surface area contributed by atoms with E-state index in [9.17, 15) is 14.9 Å². The third-order valence-corrected chi connectivity index (χ3v) is 4.71. The fourth-order valence-corrected chi connectivity index (χ4v) is 3.40. The number of likely N-dealkylation sites (tertiary alicyclic amines) is 1. The molecule has 0 N–H and O–H groups in total. The molecular weight excluding hydrogens is 318 g/mol. The number of carbonyl (C=O) groups excluding carboxylic acids is 2. The summed E-state index contributed by atoms with van der Waals surface area (Å²) in [6.45, 7) is 7.03. The minimum absolute atomic E-state index is 0.0176. The molecule has 1 aromatic heterocycles. The van der Waals surface area contributed by atoms with Crippen molar-refractivity contribution in [2.24, 2.45) is 5.92 Å². The monoisotopic (exact) mass is 339 g/mol. The second kappa shape index (κ2) is 7.34. The van der Waals surface area contributed by atoms with Crippen LogP contribution in [-0.2, 0) is 9.59 Å². The van der Waals surface area contributed by atoms with Gasteiger partial charge in [-0.1, -0.05) is 6.08 Å². The summed E-state index contributed by atoms with van der Waals surface area (Å²) in [5.41, 5.74) is 0.545. The normalized spacial score (nSPS) is 20.5. The van der Waals surface area contributed by atoms with E-state index in [0.29, 0.717) is 50.6 Å². The van der Waals surface area contributed by atoms with Gasteiger partial charge in [0.1, 0.15) is 11.9 Å². The zero-order valence-corrected chi connectivity index (χ0v) is 14.1. The molecule has 2 aliphatic heterocycles. The Hall–Kier alpha value is -2.88. The Bertz CT molecular complexity index is 718. The molecule has 0 radical (unpaired) electrons. The number of anilines is 1. The van der Waals surface area contributed by atoms with E-state index >= 15 is 0 Å². The number of rotatable bonds is 4. The molecule has 7 heteroatoms. The molecule has 7 nitrogen and oxygen atoms in total. The summed E-state index contributed by atoms with van der Waals surface area (Å²) in [5.74, 6) is 0.471. The predicted molar refractivity (Wildman–Crippen MR) is 92.6 cm³/mol. The van der Waals surface area contributed by atoms with Gasteiger partial charge in [0.25, 0.3) is 0 Å². The maximum atomic E-state index is 12.7. The Morgan fingerprint density at radius 3 is 2.84 bits per heavy atom. The van der Waals surface area contributed by atoms with Crippen molar-refractivity contribution >= 4 is 17.6 Å². The maximum Gasteiger partial charge on any atom is 0.228 e. The van der Waals surface area contributed by atoms with Crippen LogP contribution in [0.5, 0.6) is 0 Å². The number of carbonyl (C=O) groups is 2. The summed E-state index contributed by atoms with van der Waals surface area (Å²) in [6, 6.07) is 5.65. The van der Waals surface area contributed by atoms with E-state index in [2.05, 4.69) is 17.6 Å². The van der Waals surface area contributed by atoms with Crippen LogP contribution in [0, 0.1) is 17.2 Å². The molecule has 1 atom stereocenters. The topological polar surface area (TPSA) is 80.5 Å². The zero-order valence-electron chi connectivity index (χ0n) is 14.1. The number of amides is 2. The number of hydrogen-bond donors (Lipinski definition) is 0. The van der Waals surface area contributed by atoms with Crippen molar-refractivity contribution in [2.75, 3.05) is 44.2 Å². The lowest BCUT2D eigenvalue weighted by molar-refractivity contribution is -0.136. The zero-order chi connectivity index (χ0) is 17.8. The molecule has 0 bridgehead atoms. The van der Waals surface area contributed by atoms with Gasteiger partial charge >= 0.3 is 0 Å². The third-order valence-electron chi connectivity index (χ3n) is 4.71. The van der Waals surface area contributed by atoms with E-state index in [1.165, 1.54) is 0 Å². The first-order valence-corrected chi connectivity index (χ1v) is 8.41. The minimum atomic E-state index is -0.261. The van der Waals surface area contributed by atoms with Gasteiger partial charge in [0.15, 0.2) is 0 Å². The largest absolute Gasteiger partial charge is 0.352 e. The van der Waals surface area contributed by atoms with Crippen LogP contribution in [0.2, 0.25) is 0 Å². The highest BCUT2D eigenvalue weighted by Crippen LogP contribution is 2.22. The van der Waals surface area contributed by atoms with E-state index < -0.39 is 0 Å². The lowest BCUT2D eigenvalue weighted by Gasteiger charge is -2.36. The number of piperazine rings is 1. The van der Waals surface area contributed by atoms with E-state index in [1.54, 1.807) is 29.3 Å². The summed E-state index contributed by atoms with van der Waals surface area (Å²) in [7, 11) is 0. The van der Waals surface area contributed by atoms with Gasteiger partial charge in [-0.2, -0.15) is 5.26 Å². The van der Waals surface area contributed by atoms with Gasteiger partial charge < -0.3 is 14.7 Å². The van der Waals surface area contributed by atoms with Crippen molar-refractivity contribution in [2.45, 2.75) is 6.42 Å². The molecule has 0 unspecified atom stereocenters. The molecule has 1 aromatic rings. The molecule has 0 spiro atoms. The van der Waals surface area contributed by atoms with Gasteiger partial charge in [0, 0.05) is 51.9 Å². The number of pyridine rings is 1. The molecule has 0 saturated carbocycles. The number of aromatic nitrogens is 1. The summed E-state index contributed by atoms with van der Waals surface area (Å²) in [6.07, 6.45) is 3.64. The lowest BCUT2D eigenvalue weighted by atomic mass is 10.1. The Labute approximate surface area is 147 Å². The van der Waals surface area contributed by atoms with Crippen LogP contribution in [0.4, 0.5) is 5.82 Å². The van der Waals surface area contributed by atoms with Crippen molar-refractivity contribution in [3.05, 3.63) is 36.5 Å². The first-order valence-electron chi connectivity index (χ1n) is 8.41. The fraction of sp³-hybridized carbons (Fsp3) is 0.444. The molecular formula is C18H21N5O2. The molecule has 2 aliphatic rings. The first-order chi connectivity index (χ1) is 12.1. The van der Waals surface area contributed by atoms with Crippen LogP contribution in [-0.4, -0.2) is 65.9 Å². The van der Waals surface area contributed by atoms with Crippen molar-refractivity contribution in [3.63, 3.8) is 0 Å². The molecule has 0 aliphatic carbocycles. The molecule has 0 aromatic carbocycles. The quantitative estimate of drug-likeness (QED) is 0.752. The summed E-state index contributed by atoms with van der Waals surface area (Å²) >= 11 is 0. The van der Waals surface area contributed by atoms with Gasteiger partial charge in [-0.3, -0.25) is 9.59 Å². The van der Waals surface area contributed by atoms with Crippen LogP contribution in [0.1, 0.15) is 12.0 Å². The fourth-order valence-electron chi connectivity index (χ4n) is 3.40. The van der Waals surface area contributed by atoms with Gasteiger partial charge in [0.2, 0.25) is 11.8 Å². The van der Waals surface area contributed by atoms with E-state index in [0.717, 1.165) is 0 Å². The van der Waals surface area contributed by atoms with E-state index in [1.807, 2.05) is 9.80 Å². The van der Waals surface area contributed by atoms with E-state index in [-0.39, 0.29) is 24.2 Å². The standard InChI is InChI=1S/C18H21N5O2/c1-2-6-23-13-15(11-16(23)24)18(25)22-9-7-21(8-10-22)17-14(12-19)4-3-5-20-17/h2-5,15H,1,6-11,13H2/t15-/m0/s1. The molecule has 3 heterocycles. The van der Waals surface area contributed by atoms with Crippen LogP contribution < -0.4 is 4.90 Å². The second-order valence-corrected chi connectivity index (χ2v) is 6.29. The first kappa shape index (κ1) is 17.0. The number of nitriles is 1. The van der Waals surface area contributed by atoms with Gasteiger partial charge in [-0.05, 0) is 12.1 Å². The van der Waals surface area contributed by atoms with Crippen molar-refractivity contribution in [1.82, 2.24) is 14.8 Å². The van der Waals surface area contributed by atoms with Crippen LogP contribution in [0.15, 0.2) is 31.0 Å². The average molecular weight is 339 g/mol. The Morgan fingerprint density at radius 1 is 1.40 bits per heavy atom. The third kappa shape index (κ3) is 3.48. The lowest BCUT2D eigenvalue weighted by Crippen LogP contribution is -2.51. The van der Waals surface area contributed by atoms with Crippen molar-refractivity contribution < 1.29 is 9.59 Å². The SMILES string of the molecule is C=CCN1C[C@@H](C(=O)N2CCN(c3ncccc3C#N)CC2)CC1=O. The number of nitrogens with zero attached hydrogens (tertiary/aromatic N) is 5. The smallest absolute Gasteiger partial charge is 0.228 e. The van der Waals surface area contributed by atoms with Crippen molar-refractivity contribution in [1.29, 1.82) is 5.26 Å². The van der Waals surface area contributed by atoms with Gasteiger partial charge in [-0.25, -0.2) is 4.98 Å². The van der Waals surface area contributed by atoms with Crippen LogP contribution in [0.25, 0.3) is 0 Å². The summed E-state index contributed by atoms with van der Waals surface area (Å²) < 4.78 is 0. The highest BCUT2D eigenvalue weighted by molar-refractivity contribution is 5.89. The second-order valence-electron chi connectivity index (χ2n) is 6.29. The van der Waals surface area contributed by atoms with Gasteiger partial charge in [-0.15, -0.1) is 6.58 Å². The molecule has 2 amide bonds. The molecule has 2 fully saturated rings. The van der Waals surface area contributed by atoms with Crippen molar-refractivity contribution in [3.8, 4) is 6.07 Å². The molecule has 3 rings (SSSR count). The summed E-state index contributed by atoms with van der Waals surface area (Å²) in [5, 5.41) is 9.20. The maximum absolute atomic E-state index is 12.7.